The highest BCUT2D eigenvalue weighted by Gasteiger charge is 2.17. The Morgan fingerprint density at radius 3 is 2.83 bits per heavy atom. The predicted molar refractivity (Wildman–Crippen MR) is 67.3 cm³/mol. The number of morpholine rings is 1. The van der Waals surface area contributed by atoms with Crippen molar-refractivity contribution in [2.24, 2.45) is 0 Å². The Morgan fingerprint density at radius 2 is 2.17 bits per heavy atom. The average Bonchev–Trinajstić information content (AvgIpc) is 2.42. The summed E-state index contributed by atoms with van der Waals surface area (Å²) in [6, 6.07) is 7.17. The van der Waals surface area contributed by atoms with E-state index in [1.807, 2.05) is 13.0 Å². The zero-order chi connectivity index (χ0) is 13.0. The number of urea groups is 1. The minimum Gasteiger partial charge on any atom is -0.378 e. The number of nitrogens with one attached hydrogen (secondary N) is 1. The van der Waals surface area contributed by atoms with Gasteiger partial charge in [0, 0.05) is 18.8 Å². The molecule has 1 aromatic rings. The number of rotatable bonds is 1. The molecule has 1 saturated heterocycles. The van der Waals surface area contributed by atoms with E-state index in [0.29, 0.717) is 37.6 Å². The molecule has 1 fully saturated rings. The van der Waals surface area contributed by atoms with E-state index in [2.05, 4.69) is 11.4 Å². The summed E-state index contributed by atoms with van der Waals surface area (Å²) in [7, 11) is 0. The number of amides is 2. The maximum absolute atomic E-state index is 12.0. The summed E-state index contributed by atoms with van der Waals surface area (Å²) in [6.07, 6.45) is 0. The monoisotopic (exact) mass is 245 g/mol. The smallest absolute Gasteiger partial charge is 0.322 e. The van der Waals surface area contributed by atoms with Crippen LogP contribution in [0.4, 0.5) is 10.5 Å². The van der Waals surface area contributed by atoms with Gasteiger partial charge in [0.2, 0.25) is 0 Å². The van der Waals surface area contributed by atoms with Gasteiger partial charge in [0.25, 0.3) is 0 Å². The molecule has 94 valence electrons. The molecule has 0 radical (unpaired) electrons. The van der Waals surface area contributed by atoms with Crippen LogP contribution in [-0.2, 0) is 4.74 Å². The van der Waals surface area contributed by atoms with Gasteiger partial charge in [-0.1, -0.05) is 6.07 Å². The minimum absolute atomic E-state index is 0.142. The van der Waals surface area contributed by atoms with E-state index in [4.69, 9.17) is 10.00 Å². The third-order valence-corrected chi connectivity index (χ3v) is 2.91. The van der Waals surface area contributed by atoms with E-state index in [0.717, 1.165) is 5.56 Å². The Balaban J connectivity index is 2.08. The zero-order valence-corrected chi connectivity index (χ0v) is 10.3. The lowest BCUT2D eigenvalue weighted by Gasteiger charge is -2.27. The first kappa shape index (κ1) is 12.4. The maximum atomic E-state index is 12.0. The van der Waals surface area contributed by atoms with Crippen molar-refractivity contribution in [3.05, 3.63) is 29.3 Å². The maximum Gasteiger partial charge on any atom is 0.322 e. The molecule has 0 unspecified atom stereocenters. The molecule has 1 aromatic carbocycles. The van der Waals surface area contributed by atoms with Gasteiger partial charge in [0.15, 0.2) is 0 Å². The Morgan fingerprint density at radius 1 is 1.44 bits per heavy atom. The number of aryl methyl sites for hydroxylation is 1. The number of hydrogen-bond donors (Lipinski definition) is 1. The van der Waals surface area contributed by atoms with Crippen LogP contribution in [0.1, 0.15) is 11.1 Å². The highest BCUT2D eigenvalue weighted by molar-refractivity contribution is 5.90. The van der Waals surface area contributed by atoms with Crippen LogP contribution in [0.25, 0.3) is 0 Å². The van der Waals surface area contributed by atoms with Gasteiger partial charge >= 0.3 is 6.03 Å². The lowest BCUT2D eigenvalue weighted by Crippen LogP contribution is -2.43. The van der Waals surface area contributed by atoms with Gasteiger partial charge in [-0.15, -0.1) is 0 Å². The first-order chi connectivity index (χ1) is 8.70. The SMILES string of the molecule is Cc1ccc(C#N)cc1NC(=O)N1CCOCC1. The predicted octanol–water partition coefficient (Wildman–Crippen LogP) is 1.73. The Labute approximate surface area is 106 Å². The van der Waals surface area contributed by atoms with E-state index in [1.54, 1.807) is 17.0 Å². The standard InChI is InChI=1S/C13H15N3O2/c1-10-2-3-11(9-14)8-12(10)15-13(17)16-4-6-18-7-5-16/h2-3,8H,4-7H2,1H3,(H,15,17). The number of benzene rings is 1. The normalized spacial score (nSPS) is 15.0. The molecule has 5 nitrogen and oxygen atoms in total. The molecule has 0 atom stereocenters. The van der Waals surface area contributed by atoms with Gasteiger partial charge in [-0.25, -0.2) is 4.79 Å². The number of carbonyl (C=O) groups excluding carboxylic acids is 1. The van der Waals surface area contributed by atoms with Gasteiger partial charge in [-0.3, -0.25) is 0 Å². The third kappa shape index (κ3) is 2.79. The van der Waals surface area contributed by atoms with Crippen LogP contribution in [0.5, 0.6) is 0 Å². The van der Waals surface area contributed by atoms with Gasteiger partial charge in [-0.2, -0.15) is 5.26 Å². The largest absolute Gasteiger partial charge is 0.378 e. The van der Waals surface area contributed by atoms with Crippen molar-refractivity contribution >= 4 is 11.7 Å². The second kappa shape index (κ2) is 5.52. The summed E-state index contributed by atoms with van der Waals surface area (Å²) in [6.45, 7) is 4.25. The van der Waals surface area contributed by atoms with E-state index >= 15 is 0 Å². The molecule has 18 heavy (non-hydrogen) atoms. The number of nitriles is 1. The van der Waals surface area contributed by atoms with Crippen LogP contribution in [-0.4, -0.2) is 37.2 Å². The summed E-state index contributed by atoms with van der Waals surface area (Å²) in [5, 5.41) is 11.7. The number of anilines is 1. The zero-order valence-electron chi connectivity index (χ0n) is 10.3. The van der Waals surface area contributed by atoms with Gasteiger partial charge in [-0.05, 0) is 24.6 Å². The van der Waals surface area contributed by atoms with Crippen LogP contribution in [0.3, 0.4) is 0 Å². The summed E-state index contributed by atoms with van der Waals surface area (Å²) in [4.78, 5) is 13.7. The molecule has 0 aliphatic carbocycles. The van der Waals surface area contributed by atoms with Crippen molar-refractivity contribution in [1.29, 1.82) is 5.26 Å². The summed E-state index contributed by atoms with van der Waals surface area (Å²) < 4.78 is 5.20. The summed E-state index contributed by atoms with van der Waals surface area (Å²) in [5.74, 6) is 0. The van der Waals surface area contributed by atoms with Gasteiger partial charge in [0.1, 0.15) is 0 Å². The molecule has 0 saturated carbocycles. The van der Waals surface area contributed by atoms with E-state index in [9.17, 15) is 4.79 Å². The molecular weight excluding hydrogens is 230 g/mol. The Hall–Kier alpha value is -2.06. The second-order valence-corrected chi connectivity index (χ2v) is 4.17. The number of ether oxygens (including phenoxy) is 1. The van der Waals surface area contributed by atoms with Crippen LogP contribution in [0.15, 0.2) is 18.2 Å². The van der Waals surface area contributed by atoms with Gasteiger partial charge in [0.05, 0.1) is 24.8 Å². The van der Waals surface area contributed by atoms with Crippen molar-refractivity contribution < 1.29 is 9.53 Å². The van der Waals surface area contributed by atoms with Crippen molar-refractivity contribution in [2.75, 3.05) is 31.6 Å². The highest BCUT2D eigenvalue weighted by Crippen LogP contribution is 2.17. The van der Waals surface area contributed by atoms with E-state index in [-0.39, 0.29) is 6.03 Å². The minimum atomic E-state index is -0.142. The lowest BCUT2D eigenvalue weighted by atomic mass is 10.1. The fourth-order valence-corrected chi connectivity index (χ4v) is 1.79. The number of nitrogens with zero attached hydrogens (tertiary/aromatic N) is 2. The Bertz CT molecular complexity index is 487. The van der Waals surface area contributed by atoms with Gasteiger partial charge < -0.3 is 15.0 Å². The number of hydrogen-bond acceptors (Lipinski definition) is 3. The molecule has 1 heterocycles. The number of carbonyl (C=O) groups is 1. The molecular formula is C13H15N3O2. The molecule has 2 amide bonds. The van der Waals surface area contributed by atoms with Crippen LogP contribution >= 0.6 is 0 Å². The average molecular weight is 245 g/mol. The lowest BCUT2D eigenvalue weighted by molar-refractivity contribution is 0.0564. The van der Waals surface area contributed by atoms with Crippen molar-refractivity contribution in [2.45, 2.75) is 6.92 Å². The first-order valence-corrected chi connectivity index (χ1v) is 5.85. The Kier molecular flexibility index (Phi) is 3.80. The molecule has 5 heteroatoms. The molecule has 1 aliphatic heterocycles. The fraction of sp³-hybridized carbons (Fsp3) is 0.385. The third-order valence-electron chi connectivity index (χ3n) is 2.91. The summed E-state index contributed by atoms with van der Waals surface area (Å²) >= 11 is 0. The molecule has 0 bridgehead atoms. The summed E-state index contributed by atoms with van der Waals surface area (Å²) in [5.41, 5.74) is 2.17. The molecule has 0 spiro atoms. The quantitative estimate of drug-likeness (QED) is 0.819. The van der Waals surface area contributed by atoms with Crippen molar-refractivity contribution in [1.82, 2.24) is 4.90 Å². The first-order valence-electron chi connectivity index (χ1n) is 5.85. The molecule has 0 aromatic heterocycles. The molecule has 1 N–H and O–H groups in total. The van der Waals surface area contributed by atoms with Crippen LogP contribution < -0.4 is 5.32 Å². The van der Waals surface area contributed by atoms with Crippen LogP contribution in [0.2, 0.25) is 0 Å². The molecule has 2 rings (SSSR count). The fourth-order valence-electron chi connectivity index (χ4n) is 1.79. The molecule has 1 aliphatic rings. The van der Waals surface area contributed by atoms with Crippen molar-refractivity contribution in [3.8, 4) is 6.07 Å². The topological polar surface area (TPSA) is 65.4 Å². The highest BCUT2D eigenvalue weighted by atomic mass is 16.5. The second-order valence-electron chi connectivity index (χ2n) is 4.17. The van der Waals surface area contributed by atoms with Crippen molar-refractivity contribution in [3.63, 3.8) is 0 Å². The van der Waals surface area contributed by atoms with E-state index in [1.165, 1.54) is 0 Å². The van der Waals surface area contributed by atoms with Crippen LogP contribution in [0, 0.1) is 18.3 Å². The van der Waals surface area contributed by atoms with E-state index < -0.39 is 0 Å².